The van der Waals surface area contributed by atoms with Crippen LogP contribution in [0.5, 0.6) is 11.5 Å². The summed E-state index contributed by atoms with van der Waals surface area (Å²) in [6.45, 7) is 1.35. The molecule has 2 rings (SSSR count). The van der Waals surface area contributed by atoms with Gasteiger partial charge in [-0.3, -0.25) is 9.69 Å². The maximum atomic E-state index is 11.2. The van der Waals surface area contributed by atoms with E-state index in [1.165, 1.54) is 0 Å². The third-order valence-corrected chi connectivity index (χ3v) is 4.20. The molecule has 20 heavy (non-hydrogen) atoms. The number of carbonyl (C=O) groups is 1. The second-order valence-electron chi connectivity index (χ2n) is 4.77. The fourth-order valence-corrected chi connectivity index (χ4v) is 3.11. The number of nitrogens with zero attached hydrogens (tertiary/aromatic N) is 1. The lowest BCUT2D eigenvalue weighted by atomic mass is 10.1. The molecule has 0 aliphatic carbocycles. The zero-order valence-corrected chi connectivity index (χ0v) is 13.1. The lowest BCUT2D eigenvalue weighted by Gasteiger charge is -2.22. The summed E-state index contributed by atoms with van der Waals surface area (Å²) in [6.07, 6.45) is 1.62. The van der Waals surface area contributed by atoms with Crippen LogP contribution in [0, 0.1) is 0 Å². The molecule has 0 radical (unpaired) electrons. The number of rotatable bonds is 5. The highest BCUT2D eigenvalue weighted by Crippen LogP contribution is 2.34. The van der Waals surface area contributed by atoms with E-state index < -0.39 is 12.0 Å². The highest BCUT2D eigenvalue weighted by atomic mass is 79.9. The zero-order valence-electron chi connectivity index (χ0n) is 11.6. The van der Waals surface area contributed by atoms with Gasteiger partial charge in [-0.15, -0.1) is 0 Å². The van der Waals surface area contributed by atoms with Gasteiger partial charge >= 0.3 is 5.97 Å². The summed E-state index contributed by atoms with van der Waals surface area (Å²) in [5.74, 6) is 0.650. The molecule has 1 fully saturated rings. The standard InChI is InChI=1S/C14H18BrNO4/c1-19-12-7-13(20-2)10(15)6-9(12)8-16-5-3-4-11(16)14(17)18/h6-7,11H,3-5,8H2,1-2H3,(H,17,18). The highest BCUT2D eigenvalue weighted by molar-refractivity contribution is 9.10. The maximum Gasteiger partial charge on any atom is 0.320 e. The van der Waals surface area contributed by atoms with Crippen LogP contribution in [0.25, 0.3) is 0 Å². The largest absolute Gasteiger partial charge is 0.496 e. The van der Waals surface area contributed by atoms with Crippen molar-refractivity contribution in [3.05, 3.63) is 22.2 Å². The van der Waals surface area contributed by atoms with Gasteiger partial charge in [0, 0.05) is 18.2 Å². The van der Waals surface area contributed by atoms with Crippen LogP contribution < -0.4 is 9.47 Å². The van der Waals surface area contributed by atoms with E-state index in [4.69, 9.17) is 9.47 Å². The van der Waals surface area contributed by atoms with Crippen LogP contribution in [-0.4, -0.2) is 42.8 Å². The Morgan fingerprint density at radius 3 is 2.70 bits per heavy atom. The fraction of sp³-hybridized carbons (Fsp3) is 0.500. The fourth-order valence-electron chi connectivity index (χ4n) is 2.56. The van der Waals surface area contributed by atoms with Gasteiger partial charge in [0.15, 0.2) is 0 Å². The van der Waals surface area contributed by atoms with Gasteiger partial charge in [-0.1, -0.05) is 0 Å². The van der Waals surface area contributed by atoms with Gasteiger partial charge in [-0.2, -0.15) is 0 Å². The van der Waals surface area contributed by atoms with E-state index in [-0.39, 0.29) is 0 Å². The minimum atomic E-state index is -0.756. The number of ether oxygens (including phenoxy) is 2. The van der Waals surface area contributed by atoms with Crippen molar-refractivity contribution in [2.24, 2.45) is 0 Å². The molecule has 0 spiro atoms. The number of aliphatic carboxylic acids is 1. The molecule has 5 nitrogen and oxygen atoms in total. The first-order valence-electron chi connectivity index (χ1n) is 6.44. The van der Waals surface area contributed by atoms with Crippen molar-refractivity contribution in [2.45, 2.75) is 25.4 Å². The molecule has 1 N–H and O–H groups in total. The maximum absolute atomic E-state index is 11.2. The molecule has 1 unspecified atom stereocenters. The second kappa shape index (κ2) is 6.45. The summed E-state index contributed by atoms with van der Waals surface area (Å²) in [4.78, 5) is 13.2. The lowest BCUT2D eigenvalue weighted by molar-refractivity contribution is -0.142. The Morgan fingerprint density at radius 1 is 1.40 bits per heavy atom. The monoisotopic (exact) mass is 343 g/mol. The van der Waals surface area contributed by atoms with Gasteiger partial charge in [0.25, 0.3) is 0 Å². The van der Waals surface area contributed by atoms with E-state index >= 15 is 0 Å². The van der Waals surface area contributed by atoms with Crippen LogP contribution >= 0.6 is 15.9 Å². The molecule has 0 bridgehead atoms. The molecule has 1 aromatic carbocycles. The average Bonchev–Trinajstić information content (AvgIpc) is 2.87. The van der Waals surface area contributed by atoms with Gasteiger partial charge in [0.2, 0.25) is 0 Å². The molecule has 1 aliphatic heterocycles. The number of halogens is 1. The van der Waals surface area contributed by atoms with Gasteiger partial charge in [-0.25, -0.2) is 0 Å². The van der Waals surface area contributed by atoms with Crippen LogP contribution in [0.4, 0.5) is 0 Å². The van der Waals surface area contributed by atoms with Crippen molar-refractivity contribution >= 4 is 21.9 Å². The molecular weight excluding hydrogens is 326 g/mol. The minimum Gasteiger partial charge on any atom is -0.496 e. The Hall–Kier alpha value is -1.27. The first-order valence-corrected chi connectivity index (χ1v) is 7.23. The minimum absolute atomic E-state index is 0.402. The number of carboxylic acids is 1. The number of methoxy groups -OCH3 is 2. The number of hydrogen-bond acceptors (Lipinski definition) is 4. The molecule has 110 valence electrons. The van der Waals surface area contributed by atoms with Crippen molar-refractivity contribution in [3.63, 3.8) is 0 Å². The third-order valence-electron chi connectivity index (χ3n) is 3.58. The van der Waals surface area contributed by atoms with Gasteiger partial charge in [-0.05, 0) is 41.4 Å². The summed E-state index contributed by atoms with van der Waals surface area (Å²) in [5, 5.41) is 9.22. The molecule has 1 heterocycles. The van der Waals surface area contributed by atoms with Crippen LogP contribution in [0.15, 0.2) is 16.6 Å². The van der Waals surface area contributed by atoms with Crippen molar-refractivity contribution in [1.82, 2.24) is 4.90 Å². The first kappa shape index (κ1) is 15.1. The summed E-state index contributed by atoms with van der Waals surface area (Å²) >= 11 is 3.45. The quantitative estimate of drug-likeness (QED) is 0.890. The average molecular weight is 344 g/mol. The SMILES string of the molecule is COc1cc(OC)c(CN2CCCC2C(=O)O)cc1Br. The van der Waals surface area contributed by atoms with Gasteiger partial charge in [0.05, 0.1) is 18.7 Å². The van der Waals surface area contributed by atoms with E-state index in [1.54, 1.807) is 14.2 Å². The van der Waals surface area contributed by atoms with Crippen LogP contribution in [-0.2, 0) is 11.3 Å². The van der Waals surface area contributed by atoms with Crippen molar-refractivity contribution in [3.8, 4) is 11.5 Å². The summed E-state index contributed by atoms with van der Waals surface area (Å²) in [6, 6.07) is 3.33. The van der Waals surface area contributed by atoms with Crippen molar-refractivity contribution in [2.75, 3.05) is 20.8 Å². The van der Waals surface area contributed by atoms with E-state index in [9.17, 15) is 9.90 Å². The first-order chi connectivity index (χ1) is 9.56. The number of carboxylic acid groups (broad SMARTS) is 1. The Kier molecular flexibility index (Phi) is 4.88. The summed E-state index contributed by atoms with van der Waals surface area (Å²) < 4.78 is 11.4. The summed E-state index contributed by atoms with van der Waals surface area (Å²) in [7, 11) is 3.20. The number of hydrogen-bond donors (Lipinski definition) is 1. The van der Waals surface area contributed by atoms with Crippen LogP contribution in [0.2, 0.25) is 0 Å². The number of benzene rings is 1. The van der Waals surface area contributed by atoms with E-state index in [0.717, 1.165) is 23.0 Å². The predicted molar refractivity (Wildman–Crippen MR) is 78.3 cm³/mol. The molecule has 0 aromatic heterocycles. The van der Waals surface area contributed by atoms with Gasteiger partial charge in [0.1, 0.15) is 17.5 Å². The zero-order chi connectivity index (χ0) is 14.7. The van der Waals surface area contributed by atoms with Crippen molar-refractivity contribution < 1.29 is 19.4 Å². The predicted octanol–water partition coefficient (Wildman–Crippen LogP) is 2.52. The molecule has 1 saturated heterocycles. The van der Waals surface area contributed by atoms with E-state index in [1.807, 2.05) is 17.0 Å². The Balaban J connectivity index is 2.24. The third kappa shape index (κ3) is 3.07. The Bertz CT molecular complexity index is 506. The normalized spacial score (nSPS) is 19.1. The topological polar surface area (TPSA) is 59.0 Å². The molecule has 0 amide bonds. The smallest absolute Gasteiger partial charge is 0.320 e. The van der Waals surface area contributed by atoms with E-state index in [2.05, 4.69) is 15.9 Å². The number of likely N-dealkylation sites (tertiary alicyclic amines) is 1. The van der Waals surface area contributed by atoms with Crippen LogP contribution in [0.3, 0.4) is 0 Å². The molecule has 0 saturated carbocycles. The second-order valence-corrected chi connectivity index (χ2v) is 5.62. The highest BCUT2D eigenvalue weighted by Gasteiger charge is 2.31. The summed E-state index contributed by atoms with van der Waals surface area (Å²) in [5.41, 5.74) is 0.952. The van der Waals surface area contributed by atoms with Crippen LogP contribution in [0.1, 0.15) is 18.4 Å². The molecule has 6 heteroatoms. The lowest BCUT2D eigenvalue weighted by Crippen LogP contribution is -2.35. The Labute approximate surface area is 126 Å². The molecular formula is C14H18BrNO4. The van der Waals surface area contributed by atoms with E-state index in [0.29, 0.717) is 24.5 Å². The molecule has 1 aromatic rings. The molecule has 1 atom stereocenters. The van der Waals surface area contributed by atoms with Gasteiger partial charge < -0.3 is 14.6 Å². The van der Waals surface area contributed by atoms with Crippen molar-refractivity contribution in [1.29, 1.82) is 0 Å². The molecule has 1 aliphatic rings. The Morgan fingerprint density at radius 2 is 2.10 bits per heavy atom.